The van der Waals surface area contributed by atoms with E-state index in [-0.39, 0.29) is 5.60 Å². The van der Waals surface area contributed by atoms with Gasteiger partial charge in [0.15, 0.2) is 0 Å². The third-order valence-corrected chi connectivity index (χ3v) is 3.23. The van der Waals surface area contributed by atoms with Gasteiger partial charge in [-0.15, -0.1) is 0 Å². The van der Waals surface area contributed by atoms with Crippen molar-refractivity contribution >= 4 is 0 Å². The van der Waals surface area contributed by atoms with Gasteiger partial charge < -0.3 is 9.47 Å². The Morgan fingerprint density at radius 1 is 1.23 bits per heavy atom. The zero-order valence-electron chi connectivity index (χ0n) is 8.55. The standard InChI is InChI=1S/C11H20O2/c1-11(6-4-8-13-11)9-10-5-2-3-7-12-10/h10H,2-9H2,1H3. The van der Waals surface area contributed by atoms with Gasteiger partial charge >= 0.3 is 0 Å². The van der Waals surface area contributed by atoms with Crippen LogP contribution in [0.4, 0.5) is 0 Å². The minimum Gasteiger partial charge on any atom is -0.378 e. The van der Waals surface area contributed by atoms with Gasteiger partial charge in [-0.25, -0.2) is 0 Å². The van der Waals surface area contributed by atoms with Gasteiger partial charge in [0.2, 0.25) is 0 Å². The first-order valence-electron chi connectivity index (χ1n) is 5.54. The van der Waals surface area contributed by atoms with Gasteiger partial charge in [-0.3, -0.25) is 0 Å². The Kier molecular flexibility index (Phi) is 2.89. The smallest absolute Gasteiger partial charge is 0.0680 e. The number of hydrogen-bond donors (Lipinski definition) is 0. The Bertz CT molecular complexity index is 155. The van der Waals surface area contributed by atoms with E-state index in [9.17, 15) is 0 Å². The van der Waals surface area contributed by atoms with E-state index in [1.807, 2.05) is 0 Å². The largest absolute Gasteiger partial charge is 0.378 e. The number of ether oxygens (including phenoxy) is 2. The van der Waals surface area contributed by atoms with E-state index >= 15 is 0 Å². The molecular weight excluding hydrogens is 164 g/mol. The maximum Gasteiger partial charge on any atom is 0.0680 e. The molecule has 2 unspecified atom stereocenters. The van der Waals surface area contributed by atoms with E-state index in [0.717, 1.165) is 19.6 Å². The maximum absolute atomic E-state index is 5.76. The van der Waals surface area contributed by atoms with E-state index in [1.54, 1.807) is 0 Å². The molecule has 2 heteroatoms. The Hall–Kier alpha value is -0.0800. The van der Waals surface area contributed by atoms with Crippen LogP contribution in [0.5, 0.6) is 0 Å². The van der Waals surface area contributed by atoms with Crippen molar-refractivity contribution < 1.29 is 9.47 Å². The van der Waals surface area contributed by atoms with Crippen LogP contribution in [0, 0.1) is 0 Å². The van der Waals surface area contributed by atoms with Crippen molar-refractivity contribution in [2.24, 2.45) is 0 Å². The molecule has 0 bridgehead atoms. The fraction of sp³-hybridized carbons (Fsp3) is 1.00. The molecule has 2 rings (SSSR count). The Labute approximate surface area is 80.6 Å². The van der Waals surface area contributed by atoms with Crippen molar-refractivity contribution in [2.45, 2.75) is 57.2 Å². The van der Waals surface area contributed by atoms with Gasteiger partial charge in [-0.2, -0.15) is 0 Å². The first-order valence-corrected chi connectivity index (χ1v) is 5.54. The lowest BCUT2D eigenvalue weighted by Crippen LogP contribution is -2.32. The molecule has 0 aromatic heterocycles. The Morgan fingerprint density at radius 3 is 2.77 bits per heavy atom. The van der Waals surface area contributed by atoms with E-state index in [4.69, 9.17) is 9.47 Å². The molecule has 2 heterocycles. The molecule has 0 N–H and O–H groups in total. The summed E-state index contributed by atoms with van der Waals surface area (Å²) in [6, 6.07) is 0. The van der Waals surface area contributed by atoms with Crippen molar-refractivity contribution in [1.29, 1.82) is 0 Å². The SMILES string of the molecule is CC1(CC2CCCCO2)CCCO1. The van der Waals surface area contributed by atoms with Crippen LogP contribution < -0.4 is 0 Å². The van der Waals surface area contributed by atoms with Crippen LogP contribution in [0.2, 0.25) is 0 Å². The highest BCUT2D eigenvalue weighted by molar-refractivity contribution is 4.84. The highest BCUT2D eigenvalue weighted by Gasteiger charge is 2.33. The molecule has 2 nitrogen and oxygen atoms in total. The highest BCUT2D eigenvalue weighted by Crippen LogP contribution is 2.32. The minimum absolute atomic E-state index is 0.127. The van der Waals surface area contributed by atoms with E-state index in [2.05, 4.69) is 6.92 Å². The molecule has 0 saturated carbocycles. The molecule has 0 aromatic carbocycles. The Morgan fingerprint density at radius 2 is 2.15 bits per heavy atom. The second kappa shape index (κ2) is 3.97. The van der Waals surface area contributed by atoms with Crippen molar-refractivity contribution in [3.63, 3.8) is 0 Å². The summed E-state index contributed by atoms with van der Waals surface area (Å²) in [5.74, 6) is 0. The lowest BCUT2D eigenvalue weighted by atomic mass is 9.92. The summed E-state index contributed by atoms with van der Waals surface area (Å²) in [6.45, 7) is 4.14. The molecule has 0 radical (unpaired) electrons. The topological polar surface area (TPSA) is 18.5 Å². The van der Waals surface area contributed by atoms with Gasteiger partial charge in [0, 0.05) is 19.6 Å². The monoisotopic (exact) mass is 184 g/mol. The van der Waals surface area contributed by atoms with Gasteiger partial charge in [0.05, 0.1) is 11.7 Å². The van der Waals surface area contributed by atoms with E-state index in [1.165, 1.54) is 32.1 Å². The number of rotatable bonds is 2. The van der Waals surface area contributed by atoms with Crippen LogP contribution in [0.15, 0.2) is 0 Å². The summed E-state index contributed by atoms with van der Waals surface area (Å²) in [7, 11) is 0. The minimum atomic E-state index is 0.127. The predicted octanol–water partition coefficient (Wildman–Crippen LogP) is 2.51. The first kappa shape index (κ1) is 9.47. The maximum atomic E-state index is 5.76. The normalized spacial score (nSPS) is 40.8. The molecule has 76 valence electrons. The van der Waals surface area contributed by atoms with Crippen LogP contribution >= 0.6 is 0 Å². The van der Waals surface area contributed by atoms with Crippen LogP contribution in [-0.4, -0.2) is 24.9 Å². The summed E-state index contributed by atoms with van der Waals surface area (Å²) < 4.78 is 11.5. The lowest BCUT2D eigenvalue weighted by molar-refractivity contribution is -0.0597. The average Bonchev–Trinajstić information content (AvgIpc) is 2.54. The van der Waals surface area contributed by atoms with Gasteiger partial charge in [0.1, 0.15) is 0 Å². The molecule has 0 amide bonds. The van der Waals surface area contributed by atoms with E-state index < -0.39 is 0 Å². The predicted molar refractivity (Wildman–Crippen MR) is 51.8 cm³/mol. The molecule has 0 aliphatic carbocycles. The Balaban J connectivity index is 1.81. The second-order valence-electron chi connectivity index (χ2n) is 4.59. The fourth-order valence-electron chi connectivity index (χ4n) is 2.45. The number of hydrogen-bond acceptors (Lipinski definition) is 2. The van der Waals surface area contributed by atoms with Crippen LogP contribution in [-0.2, 0) is 9.47 Å². The summed E-state index contributed by atoms with van der Waals surface area (Å²) in [6.07, 6.45) is 7.83. The van der Waals surface area contributed by atoms with Gasteiger partial charge in [-0.05, 0) is 39.0 Å². The first-order chi connectivity index (χ1) is 6.29. The van der Waals surface area contributed by atoms with Crippen molar-refractivity contribution in [3.05, 3.63) is 0 Å². The van der Waals surface area contributed by atoms with Crippen molar-refractivity contribution in [1.82, 2.24) is 0 Å². The van der Waals surface area contributed by atoms with E-state index in [0.29, 0.717) is 6.10 Å². The van der Waals surface area contributed by atoms with Crippen molar-refractivity contribution in [2.75, 3.05) is 13.2 Å². The quantitative estimate of drug-likeness (QED) is 0.656. The zero-order chi connectivity index (χ0) is 9.15. The molecule has 2 fully saturated rings. The van der Waals surface area contributed by atoms with Crippen LogP contribution in [0.1, 0.15) is 45.4 Å². The van der Waals surface area contributed by atoms with Gasteiger partial charge in [-0.1, -0.05) is 0 Å². The summed E-state index contributed by atoms with van der Waals surface area (Å²) in [5, 5.41) is 0. The summed E-state index contributed by atoms with van der Waals surface area (Å²) in [5.41, 5.74) is 0.127. The molecule has 13 heavy (non-hydrogen) atoms. The molecule has 0 aromatic rings. The van der Waals surface area contributed by atoms with Gasteiger partial charge in [0.25, 0.3) is 0 Å². The fourth-order valence-corrected chi connectivity index (χ4v) is 2.45. The van der Waals surface area contributed by atoms with Crippen LogP contribution in [0.25, 0.3) is 0 Å². The molecule has 2 atom stereocenters. The highest BCUT2D eigenvalue weighted by atomic mass is 16.5. The summed E-state index contributed by atoms with van der Waals surface area (Å²) in [4.78, 5) is 0. The summed E-state index contributed by atoms with van der Waals surface area (Å²) >= 11 is 0. The van der Waals surface area contributed by atoms with Crippen molar-refractivity contribution in [3.8, 4) is 0 Å². The molecule has 2 saturated heterocycles. The zero-order valence-corrected chi connectivity index (χ0v) is 8.55. The molecular formula is C11H20O2. The lowest BCUT2D eigenvalue weighted by Gasteiger charge is -2.31. The third-order valence-electron chi connectivity index (χ3n) is 3.23. The third kappa shape index (κ3) is 2.44. The van der Waals surface area contributed by atoms with Crippen LogP contribution in [0.3, 0.4) is 0 Å². The molecule has 2 aliphatic heterocycles. The molecule has 2 aliphatic rings. The molecule has 0 spiro atoms. The second-order valence-corrected chi connectivity index (χ2v) is 4.59. The average molecular weight is 184 g/mol.